The van der Waals surface area contributed by atoms with E-state index in [-0.39, 0.29) is 18.0 Å². The van der Waals surface area contributed by atoms with Crippen molar-refractivity contribution < 1.29 is 13.9 Å². The molecule has 1 aliphatic heterocycles. The Balaban J connectivity index is 2.15. The number of benzene rings is 1. The molecule has 2 N–H and O–H groups in total. The van der Waals surface area contributed by atoms with Crippen molar-refractivity contribution in [3.05, 3.63) is 29.1 Å². The summed E-state index contributed by atoms with van der Waals surface area (Å²) in [5.74, 6) is 0.554. The molecule has 86 valence electrons. The average Bonchev–Trinajstić information content (AvgIpc) is 3.10. The Bertz CT molecular complexity index is 429. The van der Waals surface area contributed by atoms with Gasteiger partial charge in [-0.05, 0) is 25.0 Å². The molecule has 0 atom stereocenters. The van der Waals surface area contributed by atoms with Crippen molar-refractivity contribution in [2.75, 3.05) is 13.3 Å². The molecule has 0 unspecified atom stereocenters. The van der Waals surface area contributed by atoms with E-state index < -0.39 is 0 Å². The van der Waals surface area contributed by atoms with Crippen LogP contribution in [0.2, 0.25) is 0 Å². The molecule has 3 nitrogen and oxygen atoms in total. The van der Waals surface area contributed by atoms with E-state index in [2.05, 4.69) is 0 Å². The molecule has 0 amide bonds. The van der Waals surface area contributed by atoms with Gasteiger partial charge in [0, 0.05) is 23.1 Å². The van der Waals surface area contributed by atoms with Gasteiger partial charge in [-0.3, -0.25) is 0 Å². The Morgan fingerprint density at radius 2 is 2.19 bits per heavy atom. The maximum absolute atomic E-state index is 13.9. The van der Waals surface area contributed by atoms with Gasteiger partial charge in [-0.25, -0.2) is 4.39 Å². The Labute approximate surface area is 93.3 Å². The predicted molar refractivity (Wildman–Crippen MR) is 56.7 cm³/mol. The van der Waals surface area contributed by atoms with Gasteiger partial charge in [0.15, 0.2) is 6.79 Å². The quantitative estimate of drug-likeness (QED) is 0.829. The molecule has 2 aliphatic rings. The van der Waals surface area contributed by atoms with Gasteiger partial charge in [0.25, 0.3) is 0 Å². The molecule has 1 aromatic rings. The van der Waals surface area contributed by atoms with Crippen molar-refractivity contribution >= 4 is 0 Å². The zero-order chi connectivity index (χ0) is 11.2. The van der Waals surface area contributed by atoms with Gasteiger partial charge in [-0.15, -0.1) is 0 Å². The van der Waals surface area contributed by atoms with E-state index in [9.17, 15) is 4.39 Å². The lowest BCUT2D eigenvalue weighted by atomic mass is 9.90. The Kier molecular flexibility index (Phi) is 2.16. The summed E-state index contributed by atoms with van der Waals surface area (Å²) in [7, 11) is 0. The van der Waals surface area contributed by atoms with Gasteiger partial charge in [0.05, 0.1) is 6.61 Å². The molecule has 0 radical (unpaired) electrons. The predicted octanol–water partition coefficient (Wildman–Crippen LogP) is 1.68. The summed E-state index contributed by atoms with van der Waals surface area (Å²) < 4.78 is 24.5. The second-order valence-corrected chi connectivity index (χ2v) is 4.49. The zero-order valence-corrected chi connectivity index (χ0v) is 8.96. The lowest BCUT2D eigenvalue weighted by molar-refractivity contribution is -0.0173. The molecule has 0 saturated heterocycles. The van der Waals surface area contributed by atoms with Crippen molar-refractivity contribution in [1.82, 2.24) is 0 Å². The Hall–Kier alpha value is -1.13. The Morgan fingerprint density at radius 3 is 2.88 bits per heavy atom. The number of ether oxygens (including phenoxy) is 2. The molecule has 1 fully saturated rings. The fraction of sp³-hybridized carbons (Fsp3) is 0.500. The molecular weight excluding hydrogens is 209 g/mol. The van der Waals surface area contributed by atoms with Crippen molar-refractivity contribution in [2.24, 2.45) is 5.73 Å². The second-order valence-electron chi connectivity index (χ2n) is 4.49. The van der Waals surface area contributed by atoms with E-state index >= 15 is 0 Å². The monoisotopic (exact) mass is 223 g/mol. The van der Waals surface area contributed by atoms with Crippen LogP contribution < -0.4 is 10.5 Å². The highest BCUT2D eigenvalue weighted by Gasteiger charge is 2.47. The lowest BCUT2D eigenvalue weighted by Gasteiger charge is -2.24. The van der Waals surface area contributed by atoms with E-state index in [1.165, 1.54) is 6.07 Å². The van der Waals surface area contributed by atoms with Crippen LogP contribution in [0.1, 0.15) is 24.0 Å². The van der Waals surface area contributed by atoms with Crippen LogP contribution in [0.5, 0.6) is 5.75 Å². The number of halogens is 1. The fourth-order valence-corrected chi connectivity index (χ4v) is 2.41. The second kappa shape index (κ2) is 3.43. The van der Waals surface area contributed by atoms with Gasteiger partial charge in [0.2, 0.25) is 0 Å². The maximum Gasteiger partial charge on any atom is 0.189 e. The summed E-state index contributed by atoms with van der Waals surface area (Å²) in [4.78, 5) is 0. The summed E-state index contributed by atoms with van der Waals surface area (Å²) in [5, 5.41) is 0. The summed E-state index contributed by atoms with van der Waals surface area (Å²) in [6.07, 6.45) is 1.91. The standard InChI is InChI=1S/C12H14FNO2/c13-9-1-2-10-8(5-15-7-16-10)11(9)12(6-14)3-4-12/h1-2H,3-7,14H2. The number of fused-ring (bicyclic) bond motifs is 1. The number of nitrogens with two attached hydrogens (primary N) is 1. The van der Waals surface area contributed by atoms with Gasteiger partial charge >= 0.3 is 0 Å². The number of rotatable bonds is 2. The molecule has 0 bridgehead atoms. The minimum Gasteiger partial charge on any atom is -0.467 e. The largest absolute Gasteiger partial charge is 0.467 e. The van der Waals surface area contributed by atoms with Gasteiger partial charge < -0.3 is 15.2 Å². The van der Waals surface area contributed by atoms with E-state index in [1.807, 2.05) is 0 Å². The van der Waals surface area contributed by atoms with Gasteiger partial charge in [-0.1, -0.05) is 0 Å². The molecular formula is C12H14FNO2. The highest BCUT2D eigenvalue weighted by molar-refractivity contribution is 5.48. The maximum atomic E-state index is 13.9. The van der Waals surface area contributed by atoms with Crippen LogP contribution in [0.25, 0.3) is 0 Å². The van der Waals surface area contributed by atoms with Crippen molar-refractivity contribution in [3.63, 3.8) is 0 Å². The number of hydrogen-bond acceptors (Lipinski definition) is 3. The van der Waals surface area contributed by atoms with E-state index in [0.717, 1.165) is 24.2 Å². The molecule has 4 heteroatoms. The van der Waals surface area contributed by atoms with Crippen molar-refractivity contribution in [1.29, 1.82) is 0 Å². The van der Waals surface area contributed by atoms with Crippen LogP contribution in [0.3, 0.4) is 0 Å². The number of hydrogen-bond donors (Lipinski definition) is 1. The van der Waals surface area contributed by atoms with Crippen molar-refractivity contribution in [2.45, 2.75) is 24.9 Å². The highest BCUT2D eigenvalue weighted by Crippen LogP contribution is 2.51. The van der Waals surface area contributed by atoms with Gasteiger partial charge in [-0.2, -0.15) is 0 Å². The van der Waals surface area contributed by atoms with Gasteiger partial charge in [0.1, 0.15) is 11.6 Å². The minimum atomic E-state index is -0.184. The molecule has 1 saturated carbocycles. The van der Waals surface area contributed by atoms with Crippen LogP contribution in [-0.4, -0.2) is 13.3 Å². The van der Waals surface area contributed by atoms with Crippen LogP contribution >= 0.6 is 0 Å². The molecule has 0 spiro atoms. The summed E-state index contributed by atoms with van der Waals surface area (Å²) in [5.41, 5.74) is 7.14. The third-order valence-electron chi connectivity index (χ3n) is 3.54. The summed E-state index contributed by atoms with van der Waals surface area (Å²) in [6.45, 7) is 1.15. The lowest BCUT2D eigenvalue weighted by Crippen LogP contribution is -2.25. The molecule has 1 aromatic carbocycles. The normalized spacial score (nSPS) is 21.1. The third-order valence-corrected chi connectivity index (χ3v) is 3.54. The highest BCUT2D eigenvalue weighted by atomic mass is 19.1. The first-order valence-corrected chi connectivity index (χ1v) is 5.49. The molecule has 0 aromatic heterocycles. The zero-order valence-electron chi connectivity index (χ0n) is 8.96. The topological polar surface area (TPSA) is 44.5 Å². The summed E-state index contributed by atoms with van der Waals surface area (Å²) in [6, 6.07) is 3.14. The van der Waals surface area contributed by atoms with Crippen LogP contribution in [-0.2, 0) is 16.8 Å². The van der Waals surface area contributed by atoms with Crippen molar-refractivity contribution in [3.8, 4) is 5.75 Å². The average molecular weight is 223 g/mol. The molecule has 1 heterocycles. The third kappa shape index (κ3) is 1.33. The smallest absolute Gasteiger partial charge is 0.189 e. The first-order chi connectivity index (χ1) is 7.77. The SMILES string of the molecule is NCC1(c2c(F)ccc3c2COCO3)CC1. The van der Waals surface area contributed by atoms with Crippen LogP contribution in [0.4, 0.5) is 4.39 Å². The molecule has 3 rings (SSSR count). The Morgan fingerprint density at radius 1 is 1.38 bits per heavy atom. The minimum absolute atomic E-state index is 0.167. The fourth-order valence-electron chi connectivity index (χ4n) is 2.41. The first kappa shape index (κ1) is 10.1. The van der Waals surface area contributed by atoms with E-state index in [4.69, 9.17) is 15.2 Å². The van der Waals surface area contributed by atoms with E-state index in [0.29, 0.717) is 18.7 Å². The summed E-state index contributed by atoms with van der Waals surface area (Å²) >= 11 is 0. The molecule has 1 aliphatic carbocycles. The van der Waals surface area contributed by atoms with Crippen LogP contribution in [0, 0.1) is 5.82 Å². The van der Waals surface area contributed by atoms with E-state index in [1.54, 1.807) is 6.07 Å². The van der Waals surface area contributed by atoms with Crippen LogP contribution in [0.15, 0.2) is 12.1 Å². The first-order valence-electron chi connectivity index (χ1n) is 5.49. The molecule has 16 heavy (non-hydrogen) atoms.